The summed E-state index contributed by atoms with van der Waals surface area (Å²) in [4.78, 5) is 10.9. The topological polar surface area (TPSA) is 38.3 Å². The molecule has 0 saturated carbocycles. The zero-order chi connectivity index (χ0) is 12.5. The van der Waals surface area contributed by atoms with Crippen molar-refractivity contribution in [2.24, 2.45) is 0 Å². The largest absolute Gasteiger partial charge is 0.453 e. The fourth-order valence-corrected chi connectivity index (χ4v) is 1.46. The SMILES string of the molecule is COC(=O)NC(C)CC/C=C/c1ccccc1. The fourth-order valence-electron chi connectivity index (χ4n) is 1.46. The number of ether oxygens (including phenoxy) is 1. The van der Waals surface area contributed by atoms with Gasteiger partial charge in [0.25, 0.3) is 0 Å². The van der Waals surface area contributed by atoms with E-state index in [1.807, 2.05) is 25.1 Å². The Kier molecular flexibility index (Phi) is 5.86. The third-order valence-electron chi connectivity index (χ3n) is 2.43. The molecule has 0 spiro atoms. The average molecular weight is 233 g/mol. The summed E-state index contributed by atoms with van der Waals surface area (Å²) in [6, 6.07) is 10.3. The molecule has 0 radical (unpaired) electrons. The van der Waals surface area contributed by atoms with Crippen molar-refractivity contribution in [3.8, 4) is 0 Å². The van der Waals surface area contributed by atoms with E-state index in [0.29, 0.717) is 0 Å². The highest BCUT2D eigenvalue weighted by Crippen LogP contribution is 2.04. The molecule has 17 heavy (non-hydrogen) atoms. The predicted molar refractivity (Wildman–Crippen MR) is 69.7 cm³/mol. The van der Waals surface area contributed by atoms with Gasteiger partial charge in [0.05, 0.1) is 7.11 Å². The van der Waals surface area contributed by atoms with Gasteiger partial charge in [-0.15, -0.1) is 0 Å². The highest BCUT2D eigenvalue weighted by molar-refractivity contribution is 5.67. The molecular weight excluding hydrogens is 214 g/mol. The molecule has 0 aliphatic rings. The van der Waals surface area contributed by atoms with Gasteiger partial charge in [-0.05, 0) is 25.3 Å². The number of methoxy groups -OCH3 is 1. The van der Waals surface area contributed by atoms with E-state index in [1.165, 1.54) is 12.7 Å². The molecule has 1 unspecified atom stereocenters. The van der Waals surface area contributed by atoms with E-state index in [0.717, 1.165) is 12.8 Å². The number of hydrogen-bond acceptors (Lipinski definition) is 2. The maximum absolute atomic E-state index is 10.9. The maximum Gasteiger partial charge on any atom is 0.407 e. The minimum Gasteiger partial charge on any atom is -0.453 e. The number of alkyl carbamates (subject to hydrolysis) is 1. The zero-order valence-corrected chi connectivity index (χ0v) is 10.3. The van der Waals surface area contributed by atoms with Gasteiger partial charge in [0, 0.05) is 6.04 Å². The smallest absolute Gasteiger partial charge is 0.407 e. The number of hydrogen-bond donors (Lipinski definition) is 1. The summed E-state index contributed by atoms with van der Waals surface area (Å²) >= 11 is 0. The Labute approximate surface area is 102 Å². The summed E-state index contributed by atoms with van der Waals surface area (Å²) in [6.07, 6.45) is 5.67. The van der Waals surface area contributed by atoms with Gasteiger partial charge in [-0.2, -0.15) is 0 Å². The van der Waals surface area contributed by atoms with Crippen LogP contribution in [0.25, 0.3) is 6.08 Å². The Balaban J connectivity index is 2.23. The molecule has 0 fully saturated rings. The van der Waals surface area contributed by atoms with Crippen LogP contribution in [0.15, 0.2) is 36.4 Å². The molecule has 0 bridgehead atoms. The fraction of sp³-hybridized carbons (Fsp3) is 0.357. The first-order valence-corrected chi connectivity index (χ1v) is 5.78. The Morgan fingerprint density at radius 3 is 2.76 bits per heavy atom. The van der Waals surface area contributed by atoms with E-state index in [4.69, 9.17) is 0 Å². The summed E-state index contributed by atoms with van der Waals surface area (Å²) in [7, 11) is 1.37. The van der Waals surface area contributed by atoms with Crippen molar-refractivity contribution >= 4 is 12.2 Å². The van der Waals surface area contributed by atoms with Gasteiger partial charge in [-0.25, -0.2) is 4.79 Å². The predicted octanol–water partition coefficient (Wildman–Crippen LogP) is 3.22. The number of carbonyl (C=O) groups is 1. The average Bonchev–Trinajstić information content (AvgIpc) is 2.36. The molecule has 1 aromatic rings. The molecule has 1 N–H and O–H groups in total. The Hall–Kier alpha value is -1.77. The molecular formula is C14H19NO2. The number of allylic oxidation sites excluding steroid dienone is 1. The lowest BCUT2D eigenvalue weighted by Crippen LogP contribution is -2.32. The van der Waals surface area contributed by atoms with E-state index in [1.54, 1.807) is 0 Å². The summed E-state index contributed by atoms with van der Waals surface area (Å²) in [5, 5.41) is 2.73. The third-order valence-corrected chi connectivity index (χ3v) is 2.43. The normalized spacial score (nSPS) is 12.4. The Morgan fingerprint density at radius 2 is 2.12 bits per heavy atom. The standard InChI is InChI=1S/C14H19NO2/c1-12(15-14(16)17-2)8-6-7-11-13-9-4-3-5-10-13/h3-5,7,9-12H,6,8H2,1-2H3,(H,15,16)/b11-7+. The van der Waals surface area contributed by atoms with Crippen molar-refractivity contribution in [1.29, 1.82) is 0 Å². The zero-order valence-electron chi connectivity index (χ0n) is 10.3. The molecule has 92 valence electrons. The van der Waals surface area contributed by atoms with Crippen LogP contribution in [-0.2, 0) is 4.74 Å². The second-order valence-electron chi connectivity index (χ2n) is 3.93. The van der Waals surface area contributed by atoms with Crippen molar-refractivity contribution in [3.63, 3.8) is 0 Å². The van der Waals surface area contributed by atoms with Crippen LogP contribution in [-0.4, -0.2) is 19.2 Å². The first-order chi connectivity index (χ1) is 8.22. The number of carbonyl (C=O) groups excluding carboxylic acids is 1. The van der Waals surface area contributed by atoms with Crippen LogP contribution in [0.1, 0.15) is 25.3 Å². The molecule has 1 aromatic carbocycles. The van der Waals surface area contributed by atoms with Gasteiger partial charge in [0.2, 0.25) is 0 Å². The molecule has 0 heterocycles. The van der Waals surface area contributed by atoms with Crippen LogP contribution in [0.3, 0.4) is 0 Å². The molecule has 0 aliphatic heterocycles. The van der Waals surface area contributed by atoms with Crippen molar-refractivity contribution < 1.29 is 9.53 Å². The molecule has 1 atom stereocenters. The molecule has 3 nitrogen and oxygen atoms in total. The molecule has 0 aromatic heterocycles. The first kappa shape index (κ1) is 13.3. The summed E-state index contributed by atoms with van der Waals surface area (Å²) in [6.45, 7) is 1.97. The minimum absolute atomic E-state index is 0.128. The van der Waals surface area contributed by atoms with Crippen molar-refractivity contribution in [2.45, 2.75) is 25.8 Å². The second kappa shape index (κ2) is 7.49. The van der Waals surface area contributed by atoms with E-state index in [-0.39, 0.29) is 12.1 Å². The van der Waals surface area contributed by atoms with Gasteiger partial charge in [-0.3, -0.25) is 0 Å². The van der Waals surface area contributed by atoms with E-state index in [2.05, 4.69) is 34.3 Å². The van der Waals surface area contributed by atoms with Gasteiger partial charge < -0.3 is 10.1 Å². The summed E-state index contributed by atoms with van der Waals surface area (Å²) in [5.74, 6) is 0. The number of benzene rings is 1. The number of rotatable bonds is 5. The van der Waals surface area contributed by atoms with Crippen LogP contribution >= 0.6 is 0 Å². The molecule has 3 heteroatoms. The summed E-state index contributed by atoms with van der Waals surface area (Å²) in [5.41, 5.74) is 1.20. The summed E-state index contributed by atoms with van der Waals surface area (Å²) < 4.78 is 4.53. The maximum atomic E-state index is 10.9. The molecule has 0 saturated heterocycles. The highest BCUT2D eigenvalue weighted by Gasteiger charge is 2.04. The van der Waals surface area contributed by atoms with E-state index < -0.39 is 0 Å². The molecule has 1 rings (SSSR count). The molecule has 1 amide bonds. The molecule has 0 aliphatic carbocycles. The second-order valence-corrected chi connectivity index (χ2v) is 3.93. The van der Waals surface area contributed by atoms with Crippen LogP contribution in [0, 0.1) is 0 Å². The van der Waals surface area contributed by atoms with Crippen molar-refractivity contribution in [2.75, 3.05) is 7.11 Å². The number of amides is 1. The van der Waals surface area contributed by atoms with Gasteiger partial charge in [-0.1, -0.05) is 42.5 Å². The van der Waals surface area contributed by atoms with E-state index >= 15 is 0 Å². The first-order valence-electron chi connectivity index (χ1n) is 5.78. The van der Waals surface area contributed by atoms with Crippen LogP contribution < -0.4 is 5.32 Å². The van der Waals surface area contributed by atoms with Crippen LogP contribution in [0.5, 0.6) is 0 Å². The lowest BCUT2D eigenvalue weighted by atomic mass is 10.1. The third kappa shape index (κ3) is 5.76. The van der Waals surface area contributed by atoms with Crippen LogP contribution in [0.2, 0.25) is 0 Å². The quantitative estimate of drug-likeness (QED) is 0.848. The van der Waals surface area contributed by atoms with Crippen molar-refractivity contribution in [1.82, 2.24) is 5.32 Å². The van der Waals surface area contributed by atoms with Gasteiger partial charge >= 0.3 is 6.09 Å². The lowest BCUT2D eigenvalue weighted by Gasteiger charge is -2.10. The van der Waals surface area contributed by atoms with Crippen molar-refractivity contribution in [3.05, 3.63) is 42.0 Å². The van der Waals surface area contributed by atoms with E-state index in [9.17, 15) is 4.79 Å². The van der Waals surface area contributed by atoms with Gasteiger partial charge in [0.1, 0.15) is 0 Å². The minimum atomic E-state index is -0.371. The monoisotopic (exact) mass is 233 g/mol. The number of nitrogens with one attached hydrogen (secondary N) is 1. The van der Waals surface area contributed by atoms with Gasteiger partial charge in [0.15, 0.2) is 0 Å². The van der Waals surface area contributed by atoms with Crippen LogP contribution in [0.4, 0.5) is 4.79 Å². The Morgan fingerprint density at radius 1 is 1.41 bits per heavy atom. The highest BCUT2D eigenvalue weighted by atomic mass is 16.5. The lowest BCUT2D eigenvalue weighted by molar-refractivity contribution is 0.167. The Bertz CT molecular complexity index is 360.